The largest absolute Gasteiger partial charge is 0.484 e. The number of hydrogen-bond acceptors (Lipinski definition) is 6. The van der Waals surface area contributed by atoms with Gasteiger partial charge in [0.05, 0.1) is 12.8 Å². The lowest BCUT2D eigenvalue weighted by atomic mass is 9.95. The molecule has 2 aromatic carbocycles. The van der Waals surface area contributed by atoms with Crippen molar-refractivity contribution in [2.45, 2.75) is 45.1 Å². The van der Waals surface area contributed by atoms with E-state index in [1.54, 1.807) is 42.2 Å². The van der Waals surface area contributed by atoms with Crippen molar-refractivity contribution in [2.75, 3.05) is 18.6 Å². The van der Waals surface area contributed by atoms with Crippen LogP contribution in [0.2, 0.25) is 0 Å². The number of anilines is 1. The summed E-state index contributed by atoms with van der Waals surface area (Å²) in [4.78, 5) is 39.3. The van der Waals surface area contributed by atoms with E-state index >= 15 is 0 Å². The number of nitrogens with zero attached hydrogens (tertiary/aromatic N) is 1. The maximum atomic E-state index is 13.5. The number of methoxy groups -OCH3 is 1. The molecule has 2 aromatic rings. The molecule has 0 aromatic heterocycles. The topological polar surface area (TPSA) is 84.9 Å². The number of benzene rings is 2. The zero-order valence-corrected chi connectivity index (χ0v) is 20.4. The van der Waals surface area contributed by atoms with Gasteiger partial charge in [-0.05, 0) is 67.8 Å². The number of ether oxygens (including phenoxy) is 2. The van der Waals surface area contributed by atoms with Crippen molar-refractivity contribution in [3.8, 4) is 5.75 Å². The molecule has 0 spiro atoms. The van der Waals surface area contributed by atoms with E-state index in [-0.39, 0.29) is 29.8 Å². The van der Waals surface area contributed by atoms with Crippen LogP contribution in [0.5, 0.6) is 5.75 Å². The molecule has 8 heteroatoms. The van der Waals surface area contributed by atoms with Crippen LogP contribution >= 0.6 is 0 Å². The fourth-order valence-electron chi connectivity index (χ4n) is 4.57. The Kier molecular flexibility index (Phi) is 7.83. The number of halogens is 1. The summed E-state index contributed by atoms with van der Waals surface area (Å²) in [6, 6.07) is 12.8. The Morgan fingerprint density at radius 2 is 1.72 bits per heavy atom. The molecule has 1 fully saturated rings. The highest BCUT2D eigenvalue weighted by molar-refractivity contribution is 6.30. The molecular weight excluding hydrogens is 463 g/mol. The molecule has 1 aliphatic carbocycles. The number of carbonyl (C=O) groups is 3. The number of amides is 1. The van der Waals surface area contributed by atoms with Crippen LogP contribution in [0.25, 0.3) is 6.08 Å². The molecule has 0 atom stereocenters. The fraction of sp³-hybridized carbons (Fsp3) is 0.321. The summed E-state index contributed by atoms with van der Waals surface area (Å²) < 4.78 is 23.9. The van der Waals surface area contributed by atoms with E-state index in [4.69, 9.17) is 9.47 Å². The van der Waals surface area contributed by atoms with Gasteiger partial charge in [-0.15, -0.1) is 0 Å². The van der Waals surface area contributed by atoms with Gasteiger partial charge in [-0.1, -0.05) is 31.4 Å². The van der Waals surface area contributed by atoms with Crippen molar-refractivity contribution in [1.29, 1.82) is 0 Å². The van der Waals surface area contributed by atoms with Crippen LogP contribution in [0.15, 0.2) is 65.5 Å². The van der Waals surface area contributed by atoms with Gasteiger partial charge in [0, 0.05) is 17.4 Å². The van der Waals surface area contributed by atoms with Crippen molar-refractivity contribution in [2.24, 2.45) is 0 Å². The van der Waals surface area contributed by atoms with Crippen molar-refractivity contribution in [3.05, 3.63) is 76.9 Å². The SMILES string of the molecule is COC(=O)C1=C(C)N(c2ccc(F)cc2)/C(=C\c2ccc(OCC(=O)NC3CCCCC3)cc2)C1=O. The third-order valence-electron chi connectivity index (χ3n) is 6.40. The van der Waals surface area contributed by atoms with Crippen molar-refractivity contribution < 1.29 is 28.2 Å². The summed E-state index contributed by atoms with van der Waals surface area (Å²) in [7, 11) is 1.22. The second-order valence-corrected chi connectivity index (χ2v) is 8.88. The molecule has 0 bridgehead atoms. The Bertz CT molecular complexity index is 1200. The molecule has 7 nitrogen and oxygen atoms in total. The summed E-state index contributed by atoms with van der Waals surface area (Å²) in [6.07, 6.45) is 7.16. The summed E-state index contributed by atoms with van der Waals surface area (Å²) in [5, 5.41) is 3.02. The molecule has 0 unspecified atom stereocenters. The molecule has 1 amide bonds. The summed E-state index contributed by atoms with van der Waals surface area (Å²) >= 11 is 0. The van der Waals surface area contributed by atoms with Gasteiger partial charge >= 0.3 is 5.97 Å². The maximum absolute atomic E-state index is 13.5. The second-order valence-electron chi connectivity index (χ2n) is 8.88. The Hall–Kier alpha value is -3.94. The van der Waals surface area contributed by atoms with Crippen LogP contribution in [0.1, 0.15) is 44.6 Å². The first-order valence-electron chi connectivity index (χ1n) is 12.0. The molecular formula is C28H29FN2O5. The van der Waals surface area contributed by atoms with Crippen LogP contribution in [-0.4, -0.2) is 37.4 Å². The zero-order chi connectivity index (χ0) is 25.7. The van der Waals surface area contributed by atoms with E-state index in [1.165, 1.54) is 37.8 Å². The molecule has 1 saturated carbocycles. The first kappa shape index (κ1) is 25.2. The van der Waals surface area contributed by atoms with Crippen LogP contribution in [0.3, 0.4) is 0 Å². The van der Waals surface area contributed by atoms with Gasteiger partial charge in [-0.3, -0.25) is 9.59 Å². The Morgan fingerprint density at radius 1 is 1.06 bits per heavy atom. The number of allylic oxidation sites excluding steroid dienone is 2. The fourth-order valence-corrected chi connectivity index (χ4v) is 4.57. The predicted molar refractivity (Wildman–Crippen MR) is 134 cm³/mol. The predicted octanol–water partition coefficient (Wildman–Crippen LogP) is 4.53. The molecule has 188 valence electrons. The number of esters is 1. The number of hydrogen-bond donors (Lipinski definition) is 1. The monoisotopic (exact) mass is 492 g/mol. The zero-order valence-electron chi connectivity index (χ0n) is 20.4. The van der Waals surface area contributed by atoms with Crippen molar-refractivity contribution in [3.63, 3.8) is 0 Å². The van der Waals surface area contributed by atoms with Gasteiger partial charge in [0.1, 0.15) is 17.1 Å². The number of nitrogens with one attached hydrogen (secondary N) is 1. The minimum absolute atomic E-state index is 0.0701. The van der Waals surface area contributed by atoms with Crippen molar-refractivity contribution >= 4 is 29.4 Å². The van der Waals surface area contributed by atoms with Crippen molar-refractivity contribution in [1.82, 2.24) is 5.32 Å². The number of rotatable bonds is 7. The summed E-state index contributed by atoms with van der Waals surface area (Å²) in [5.41, 5.74) is 1.78. The van der Waals surface area contributed by atoms with Gasteiger partial charge in [0.2, 0.25) is 5.78 Å². The van der Waals surface area contributed by atoms with E-state index < -0.39 is 17.6 Å². The van der Waals surface area contributed by atoms with Gasteiger partial charge < -0.3 is 19.7 Å². The van der Waals surface area contributed by atoms with Crippen LogP contribution in [0.4, 0.5) is 10.1 Å². The van der Waals surface area contributed by atoms with Crippen LogP contribution in [0, 0.1) is 5.82 Å². The quantitative estimate of drug-likeness (QED) is 0.347. The van der Waals surface area contributed by atoms with Crippen LogP contribution < -0.4 is 15.0 Å². The first-order chi connectivity index (χ1) is 17.4. The third-order valence-corrected chi connectivity index (χ3v) is 6.40. The summed E-state index contributed by atoms with van der Waals surface area (Å²) in [5.74, 6) is -1.25. The van der Waals surface area contributed by atoms with Gasteiger partial charge in [0.25, 0.3) is 5.91 Å². The highest BCUT2D eigenvalue weighted by atomic mass is 19.1. The first-order valence-corrected chi connectivity index (χ1v) is 12.0. The Labute approximate surface area is 209 Å². The molecule has 36 heavy (non-hydrogen) atoms. The molecule has 4 rings (SSSR count). The van der Waals surface area contributed by atoms with Gasteiger partial charge in [-0.25, -0.2) is 9.18 Å². The number of carbonyl (C=O) groups excluding carboxylic acids is 3. The highest BCUT2D eigenvalue weighted by Gasteiger charge is 2.38. The summed E-state index contributed by atoms with van der Waals surface area (Å²) in [6.45, 7) is 1.57. The Morgan fingerprint density at radius 3 is 2.36 bits per heavy atom. The van der Waals surface area contributed by atoms with Crippen LogP contribution in [-0.2, 0) is 19.1 Å². The minimum Gasteiger partial charge on any atom is -0.484 e. The average Bonchev–Trinajstić information content (AvgIpc) is 3.13. The van der Waals surface area contributed by atoms with E-state index in [0.29, 0.717) is 22.7 Å². The molecule has 0 radical (unpaired) electrons. The molecule has 1 heterocycles. The number of ketones is 1. The third kappa shape index (κ3) is 5.64. The normalized spacial score (nSPS) is 17.5. The Balaban J connectivity index is 1.49. The lowest BCUT2D eigenvalue weighted by Crippen LogP contribution is -2.38. The highest BCUT2D eigenvalue weighted by Crippen LogP contribution is 2.35. The minimum atomic E-state index is -0.733. The smallest absolute Gasteiger partial charge is 0.343 e. The number of Topliss-reactive ketones (excluding diaryl/α,β-unsaturated/α-hetero) is 1. The average molecular weight is 493 g/mol. The molecule has 1 aliphatic heterocycles. The maximum Gasteiger partial charge on any atom is 0.343 e. The lowest BCUT2D eigenvalue weighted by Gasteiger charge is -2.22. The van der Waals surface area contributed by atoms with Gasteiger partial charge in [-0.2, -0.15) is 0 Å². The van der Waals surface area contributed by atoms with Gasteiger partial charge in [0.15, 0.2) is 6.61 Å². The molecule has 0 saturated heterocycles. The van der Waals surface area contributed by atoms with E-state index in [9.17, 15) is 18.8 Å². The second kappa shape index (κ2) is 11.2. The van der Waals surface area contributed by atoms with E-state index in [1.807, 2.05) is 0 Å². The van der Waals surface area contributed by atoms with E-state index in [2.05, 4.69) is 5.32 Å². The lowest BCUT2D eigenvalue weighted by molar-refractivity contribution is -0.137. The molecule has 2 aliphatic rings. The molecule has 1 N–H and O–H groups in total. The standard InChI is InChI=1S/C28H29FN2O5/c1-18-26(28(34)35-2)27(33)24(31(18)22-12-10-20(29)11-13-22)16-19-8-14-23(15-9-19)36-17-25(32)30-21-6-4-3-5-7-21/h8-16,21H,3-7,17H2,1-2H3,(H,30,32)/b24-16-. The van der Waals surface area contributed by atoms with E-state index in [0.717, 1.165) is 25.7 Å².